The van der Waals surface area contributed by atoms with E-state index < -0.39 is 96.0 Å². The molecule has 4 aromatic rings. The van der Waals surface area contributed by atoms with E-state index in [0.29, 0.717) is 45.9 Å². The Bertz CT molecular complexity index is 2910. The van der Waals surface area contributed by atoms with Crippen molar-refractivity contribution in [3.05, 3.63) is 106 Å². The summed E-state index contributed by atoms with van der Waals surface area (Å²) in [7, 11) is 0. The standard InChI is InChI=1S/C57H67F4N7O10S/c1-34-49(79-33-63-34)38-17-13-36(14-18-38)29-62-51(74)45-28-43(70)31-67(45)52(75)50(55(3,4)5)65-46(71)12-10-8-6-7-9-11-42(69)22-24-47(72)64-41-21-23-44-39(27-41)25-26-56(44)53(76)68(54(77)78-56)32-48(73)66(35(2)57(59,60)61)30-37-15-19-40(58)20-16-37/h13-21,23,27,33,35,43,45,50,70H,6-12,22,24-26,28-32H2,1-5H3,(H,62,74)(H,64,72)(H,65,71)/t35-,43+,45-,50?,56+/m0/s1. The lowest BCUT2D eigenvalue weighted by atomic mass is 9.85. The number of halogens is 4. The summed E-state index contributed by atoms with van der Waals surface area (Å²) in [6, 6.07) is 12.7. The van der Waals surface area contributed by atoms with Gasteiger partial charge < -0.3 is 35.6 Å². The molecule has 1 aliphatic carbocycles. The highest BCUT2D eigenvalue weighted by Crippen LogP contribution is 2.46. The summed E-state index contributed by atoms with van der Waals surface area (Å²) in [5.74, 6) is -4.40. The lowest BCUT2D eigenvalue weighted by Gasteiger charge is -2.35. The van der Waals surface area contributed by atoms with Crippen molar-refractivity contribution in [2.75, 3.05) is 18.4 Å². The van der Waals surface area contributed by atoms with Gasteiger partial charge in [-0.2, -0.15) is 13.2 Å². The van der Waals surface area contributed by atoms with E-state index in [9.17, 15) is 61.0 Å². The number of anilines is 1. The van der Waals surface area contributed by atoms with Gasteiger partial charge >= 0.3 is 12.3 Å². The number of nitrogens with one attached hydrogen (secondary N) is 3. The summed E-state index contributed by atoms with van der Waals surface area (Å²) in [6.07, 6.45) is -3.02. The van der Waals surface area contributed by atoms with Crippen LogP contribution in [-0.4, -0.2) is 116 Å². The van der Waals surface area contributed by atoms with Crippen LogP contribution in [0.25, 0.3) is 10.4 Å². The lowest BCUT2D eigenvalue weighted by molar-refractivity contribution is -0.187. The number of imide groups is 1. The van der Waals surface area contributed by atoms with Crippen LogP contribution in [0.5, 0.6) is 0 Å². The minimum Gasteiger partial charge on any atom is -0.427 e. The molecule has 3 aliphatic rings. The summed E-state index contributed by atoms with van der Waals surface area (Å²) in [4.78, 5) is 114. The fourth-order valence-electron chi connectivity index (χ4n) is 10.1. The van der Waals surface area contributed by atoms with Crippen LogP contribution in [0.1, 0.15) is 126 Å². The predicted octanol–water partition coefficient (Wildman–Crippen LogP) is 8.19. The number of aliphatic hydroxyl groups is 1. The number of fused-ring (bicyclic) bond motifs is 2. The number of amides is 7. The number of alkyl halides is 3. The van der Waals surface area contributed by atoms with E-state index in [0.717, 1.165) is 53.6 Å². The van der Waals surface area contributed by atoms with Crippen LogP contribution in [0, 0.1) is 18.2 Å². The highest BCUT2D eigenvalue weighted by molar-refractivity contribution is 7.13. The number of ether oxygens (including phenoxy) is 1. The van der Waals surface area contributed by atoms with Crippen LogP contribution in [0.4, 0.5) is 28.0 Å². The van der Waals surface area contributed by atoms with Crippen LogP contribution in [0.2, 0.25) is 0 Å². The van der Waals surface area contributed by atoms with Gasteiger partial charge in [-0.15, -0.1) is 11.3 Å². The number of β-amino-alcohol motifs (C(OH)–C–C–N with tert-alkyl or cyclic N) is 1. The SMILES string of the molecule is Cc1ncsc1-c1ccc(CNC(=O)[C@@H]2C[C@@H](O)CN2C(=O)C(NC(=O)CCCCCCCC(=O)CCC(=O)Nc2ccc3c(c2)CC[C@@]32OC(=O)N(CC(=O)N(Cc3ccc(F)cc3)[C@@H](C)C(F)(F)F)C2=O)C(C)(C)C)cc1. The first-order valence-corrected chi connectivity index (χ1v) is 27.4. The smallest absolute Gasteiger partial charge is 0.418 e. The highest BCUT2D eigenvalue weighted by atomic mass is 32.1. The highest BCUT2D eigenvalue weighted by Gasteiger charge is 2.59. The molecule has 4 N–H and O–H groups in total. The Morgan fingerprint density at radius 2 is 1.56 bits per heavy atom. The van der Waals surface area contributed by atoms with E-state index >= 15 is 0 Å². The van der Waals surface area contributed by atoms with Crippen molar-refractivity contribution in [3.63, 3.8) is 0 Å². The summed E-state index contributed by atoms with van der Waals surface area (Å²) < 4.78 is 60.7. The first kappa shape index (κ1) is 59.6. The molecule has 22 heteroatoms. The second-order valence-corrected chi connectivity index (χ2v) is 22.5. The van der Waals surface area contributed by atoms with E-state index in [1.54, 1.807) is 22.9 Å². The average Bonchev–Trinajstić information content (AvgIpc) is 4.29. The number of aryl methyl sites for hydroxylation is 2. The van der Waals surface area contributed by atoms with E-state index in [-0.39, 0.29) is 75.3 Å². The van der Waals surface area contributed by atoms with Gasteiger partial charge in [0.1, 0.15) is 36.3 Å². The van der Waals surface area contributed by atoms with E-state index in [1.165, 1.54) is 29.2 Å². The maximum Gasteiger partial charge on any atom is 0.418 e. The van der Waals surface area contributed by atoms with Crippen molar-refractivity contribution in [1.29, 1.82) is 0 Å². The fourth-order valence-corrected chi connectivity index (χ4v) is 10.9. The molecule has 2 aliphatic heterocycles. The zero-order valence-electron chi connectivity index (χ0n) is 44.9. The molecule has 7 rings (SSSR count). The predicted molar refractivity (Wildman–Crippen MR) is 284 cm³/mol. The van der Waals surface area contributed by atoms with E-state index in [2.05, 4.69) is 20.9 Å². The van der Waals surface area contributed by atoms with Crippen molar-refractivity contribution >= 4 is 64.3 Å². The summed E-state index contributed by atoms with van der Waals surface area (Å²) in [6.45, 7) is 6.79. The molecule has 2 fully saturated rings. The Kier molecular flexibility index (Phi) is 19.1. The Labute approximate surface area is 459 Å². The van der Waals surface area contributed by atoms with Crippen LogP contribution in [0.3, 0.4) is 0 Å². The van der Waals surface area contributed by atoms with Gasteiger partial charge in [0.15, 0.2) is 0 Å². The number of carbonyl (C=O) groups excluding carboxylic acids is 8. The molecule has 3 aromatic carbocycles. The van der Waals surface area contributed by atoms with Crippen molar-refractivity contribution in [2.24, 2.45) is 5.41 Å². The Morgan fingerprint density at radius 1 is 0.886 bits per heavy atom. The fraction of sp³-hybridized carbons (Fsp3) is 0.491. The number of Topliss-reactive ketones (excluding diaryl/α,β-unsaturated/α-hetero) is 1. The van der Waals surface area contributed by atoms with Crippen LogP contribution in [-0.2, 0) is 63.4 Å². The maximum atomic E-state index is 14.0. The van der Waals surface area contributed by atoms with Gasteiger partial charge in [-0.3, -0.25) is 33.6 Å². The number of hydrogen-bond donors (Lipinski definition) is 4. The van der Waals surface area contributed by atoms with Crippen molar-refractivity contribution in [3.8, 4) is 10.4 Å². The molecule has 424 valence electrons. The van der Waals surface area contributed by atoms with Crippen molar-refractivity contribution < 1.29 is 65.8 Å². The average molecular weight is 1120 g/mol. The largest absolute Gasteiger partial charge is 0.427 e. The molecule has 17 nitrogen and oxygen atoms in total. The monoisotopic (exact) mass is 1120 g/mol. The van der Waals surface area contributed by atoms with Gasteiger partial charge in [0.25, 0.3) is 5.91 Å². The quantitative estimate of drug-likeness (QED) is 0.0409. The Morgan fingerprint density at radius 3 is 2.22 bits per heavy atom. The summed E-state index contributed by atoms with van der Waals surface area (Å²) in [5, 5.41) is 19.1. The Balaban J connectivity index is 0.795. The molecule has 1 unspecified atom stereocenters. The minimum absolute atomic E-state index is 0.000764. The number of rotatable bonds is 23. The van der Waals surface area contributed by atoms with Crippen molar-refractivity contribution in [1.82, 2.24) is 30.3 Å². The first-order valence-electron chi connectivity index (χ1n) is 26.5. The van der Waals surface area contributed by atoms with Gasteiger partial charge in [0.2, 0.25) is 35.1 Å². The number of benzene rings is 3. The lowest BCUT2D eigenvalue weighted by Crippen LogP contribution is -2.57. The number of aromatic nitrogens is 1. The number of thiazole rings is 1. The topological polar surface area (TPSA) is 225 Å². The van der Waals surface area contributed by atoms with E-state index in [1.807, 2.05) is 52.0 Å². The number of likely N-dealkylation sites (tertiary alicyclic amines) is 1. The Hall–Kier alpha value is -7.07. The van der Waals surface area contributed by atoms with E-state index in [4.69, 9.17) is 4.74 Å². The van der Waals surface area contributed by atoms with Gasteiger partial charge in [-0.1, -0.05) is 82.5 Å². The number of ketones is 1. The molecule has 1 aromatic heterocycles. The molecule has 79 heavy (non-hydrogen) atoms. The third-order valence-electron chi connectivity index (χ3n) is 14.7. The molecular formula is C57H67F4N7O10S. The zero-order chi connectivity index (χ0) is 57.4. The third kappa shape index (κ3) is 14.8. The molecule has 0 radical (unpaired) electrons. The normalized spacial score (nSPS) is 18.8. The molecule has 3 heterocycles. The number of aliphatic hydroxyl groups excluding tert-OH is 1. The molecule has 2 saturated heterocycles. The maximum absolute atomic E-state index is 14.0. The second kappa shape index (κ2) is 25.4. The van der Waals surface area contributed by atoms with Crippen molar-refractivity contribution in [2.45, 2.75) is 161 Å². The van der Waals surface area contributed by atoms with Crippen LogP contribution in [0.15, 0.2) is 72.2 Å². The number of nitrogens with zero attached hydrogens (tertiary/aromatic N) is 4. The van der Waals surface area contributed by atoms with Gasteiger partial charge in [-0.05, 0) is 85.0 Å². The molecular weight excluding hydrogens is 1050 g/mol. The molecule has 0 bridgehead atoms. The number of unbranched alkanes of at least 4 members (excludes halogenated alkanes) is 4. The second-order valence-electron chi connectivity index (χ2n) is 21.6. The zero-order valence-corrected chi connectivity index (χ0v) is 45.7. The number of carbonyl (C=O) groups is 8. The molecule has 7 amide bonds. The molecule has 1 spiro atoms. The van der Waals surface area contributed by atoms with Gasteiger partial charge in [-0.25, -0.2) is 19.1 Å². The third-order valence-corrected chi connectivity index (χ3v) is 15.6. The summed E-state index contributed by atoms with van der Waals surface area (Å²) >= 11 is 1.55. The molecule has 5 atom stereocenters. The number of hydrogen-bond acceptors (Lipinski definition) is 12. The minimum atomic E-state index is -4.85. The van der Waals surface area contributed by atoms with Gasteiger partial charge in [0, 0.05) is 69.4 Å². The van der Waals surface area contributed by atoms with Crippen LogP contribution < -0.4 is 16.0 Å². The first-order chi connectivity index (χ1) is 37.3. The summed E-state index contributed by atoms with van der Waals surface area (Å²) in [5.41, 5.74) is 3.52. The van der Waals surface area contributed by atoms with Gasteiger partial charge in [0.05, 0.1) is 22.2 Å². The molecule has 0 saturated carbocycles. The van der Waals surface area contributed by atoms with Crippen LogP contribution >= 0.6 is 11.3 Å².